The van der Waals surface area contributed by atoms with Crippen LogP contribution in [0.1, 0.15) is 0 Å². The van der Waals surface area contributed by atoms with Crippen molar-refractivity contribution < 1.29 is 60.9 Å². The van der Waals surface area contributed by atoms with Crippen molar-refractivity contribution >= 4 is 15.6 Å². The van der Waals surface area contributed by atoms with E-state index in [1.165, 1.54) is 0 Å². The zero-order valence-corrected chi connectivity index (χ0v) is 8.53. The first kappa shape index (κ1) is 17.9. The van der Waals surface area contributed by atoms with Gasteiger partial charge < -0.3 is 33.9 Å². The van der Waals surface area contributed by atoms with Crippen LogP contribution < -0.4 is 14.7 Å². The molecule has 0 atom stereocenters. The molecule has 0 aliphatic heterocycles. The molecule has 0 radical (unpaired) electrons. The van der Waals surface area contributed by atoms with Crippen molar-refractivity contribution in [2.45, 2.75) is 0 Å². The van der Waals surface area contributed by atoms with E-state index in [0.717, 1.165) is 0 Å². The van der Waals surface area contributed by atoms with Crippen LogP contribution in [0.3, 0.4) is 0 Å². The Morgan fingerprint density at radius 2 is 0.909 bits per heavy atom. The molecule has 11 heavy (non-hydrogen) atoms. The van der Waals surface area contributed by atoms with Crippen molar-refractivity contribution in [3.8, 4) is 0 Å². The van der Waals surface area contributed by atoms with Crippen molar-refractivity contribution in [2.75, 3.05) is 0 Å². The van der Waals surface area contributed by atoms with Crippen LogP contribution in [0.25, 0.3) is 0 Å². The fourth-order valence-electron chi connectivity index (χ4n) is 0. The molecule has 0 aromatic rings. The Balaban J connectivity index is -0.000000107. The monoisotopic (exact) mass is 390 g/mol. The molecule has 8 nitrogen and oxygen atoms in total. The molecular formula is H3AuO8P2. The van der Waals surface area contributed by atoms with Crippen LogP contribution in [0.15, 0.2) is 0 Å². The van der Waals surface area contributed by atoms with E-state index in [2.05, 4.69) is 0 Å². The van der Waals surface area contributed by atoms with Gasteiger partial charge in [-0.3, -0.25) is 0 Å². The summed E-state index contributed by atoms with van der Waals surface area (Å²) < 4.78 is 17.4. The Kier molecular flexibility index (Phi) is 10.5. The maximum Gasteiger partial charge on any atom is 3.00 e. The summed E-state index contributed by atoms with van der Waals surface area (Å²) in [5.41, 5.74) is 0. The molecule has 0 unspecified atom stereocenters. The fraction of sp³-hybridized carbons (Fsp3) is 0. The minimum absolute atomic E-state index is 0. The molecule has 0 aromatic carbocycles. The molecule has 0 bridgehead atoms. The summed E-state index contributed by atoms with van der Waals surface area (Å²) in [6, 6.07) is 0. The van der Waals surface area contributed by atoms with E-state index >= 15 is 0 Å². The summed E-state index contributed by atoms with van der Waals surface area (Å²) in [6.07, 6.45) is 0. The van der Waals surface area contributed by atoms with Gasteiger partial charge in [0.05, 0.1) is 0 Å². The van der Waals surface area contributed by atoms with Crippen LogP contribution in [0.5, 0.6) is 0 Å². The quantitative estimate of drug-likeness (QED) is 0.281. The fourth-order valence-corrected chi connectivity index (χ4v) is 0. The number of rotatable bonds is 0. The van der Waals surface area contributed by atoms with Gasteiger partial charge in [0.1, 0.15) is 0 Å². The van der Waals surface area contributed by atoms with Crippen molar-refractivity contribution in [2.24, 2.45) is 0 Å². The molecule has 0 spiro atoms. The number of hydrogen-bond acceptors (Lipinski definition) is 5. The molecule has 0 heterocycles. The number of phosphoric acid groups is 2. The molecule has 0 rings (SSSR count). The second-order valence-corrected chi connectivity index (χ2v) is 2.88. The molecule has 0 aliphatic rings. The van der Waals surface area contributed by atoms with Gasteiger partial charge in [0.15, 0.2) is 0 Å². The Morgan fingerprint density at radius 3 is 0.909 bits per heavy atom. The maximum atomic E-state index is 8.88. The van der Waals surface area contributed by atoms with Crippen molar-refractivity contribution in [1.82, 2.24) is 0 Å². The molecule has 0 fully saturated rings. The summed E-state index contributed by atoms with van der Waals surface area (Å²) in [4.78, 5) is 47.2. The third-order valence-corrected chi connectivity index (χ3v) is 0. The van der Waals surface area contributed by atoms with E-state index in [-0.39, 0.29) is 22.4 Å². The summed E-state index contributed by atoms with van der Waals surface area (Å²) in [5, 5.41) is 0. The smallest absolute Gasteiger partial charge is 0.822 e. The molecule has 0 saturated carbocycles. The van der Waals surface area contributed by atoms with Gasteiger partial charge in [-0.2, -0.15) is 7.82 Å². The van der Waals surface area contributed by atoms with Crippen LogP contribution in [0.4, 0.5) is 0 Å². The average Bonchev–Trinajstić information content (AvgIpc) is 1.12. The Bertz CT molecular complexity index is 124. The third-order valence-electron chi connectivity index (χ3n) is 0. The van der Waals surface area contributed by atoms with E-state index in [9.17, 15) is 0 Å². The van der Waals surface area contributed by atoms with Gasteiger partial charge in [0.25, 0.3) is 0 Å². The first-order chi connectivity index (χ1) is 4.00. The van der Waals surface area contributed by atoms with Gasteiger partial charge in [-0.15, -0.1) is 0 Å². The third kappa shape index (κ3) is 954. The largest absolute Gasteiger partial charge is 3.00 e. The predicted octanol–water partition coefficient (Wildman–Crippen LogP) is -3.76. The topological polar surface area (TPSA) is 164 Å². The molecule has 0 amide bonds. The predicted molar refractivity (Wildman–Crippen MR) is 21.9 cm³/mol. The summed E-state index contributed by atoms with van der Waals surface area (Å²) in [7, 11) is -10.0. The summed E-state index contributed by atoms with van der Waals surface area (Å²) >= 11 is 0. The van der Waals surface area contributed by atoms with E-state index in [0.29, 0.717) is 0 Å². The van der Waals surface area contributed by atoms with Crippen molar-refractivity contribution in [3.05, 3.63) is 0 Å². The van der Waals surface area contributed by atoms with Crippen LogP contribution in [-0.4, -0.2) is 14.7 Å². The van der Waals surface area contributed by atoms with Crippen LogP contribution in [0.2, 0.25) is 0 Å². The summed E-state index contributed by atoms with van der Waals surface area (Å²) in [6.45, 7) is 0. The van der Waals surface area contributed by atoms with Gasteiger partial charge in [0.2, 0.25) is 0 Å². The molecule has 3 N–H and O–H groups in total. The van der Waals surface area contributed by atoms with Gasteiger partial charge >= 0.3 is 30.2 Å². The minimum Gasteiger partial charge on any atom is -0.822 e. The van der Waals surface area contributed by atoms with Gasteiger partial charge in [0, 0.05) is 0 Å². The zero-order chi connectivity index (χ0) is 9.00. The standard InChI is InChI=1S/Au.2H3O4P/c;2*1-5(2,3)4/h;2*(H3,1,2,3,4)/q+3;;/p-3. The number of hydrogen-bond donors (Lipinski definition) is 3. The maximum absolute atomic E-state index is 8.88. The Hall–Kier alpha value is 0.960. The van der Waals surface area contributed by atoms with E-state index in [1.54, 1.807) is 0 Å². The Morgan fingerprint density at radius 1 is 0.909 bits per heavy atom. The van der Waals surface area contributed by atoms with Crippen LogP contribution in [-0.2, 0) is 31.5 Å². The van der Waals surface area contributed by atoms with E-state index in [4.69, 9.17) is 38.5 Å². The van der Waals surface area contributed by atoms with Gasteiger partial charge in [-0.05, 0) is 0 Å². The Labute approximate surface area is 76.9 Å². The molecule has 0 aromatic heterocycles. The molecule has 0 aliphatic carbocycles. The minimum atomic E-state index is -5.39. The SMILES string of the molecule is O=P(O)(O)O.O=P([O-])([O-])[O-].[Au+3]. The normalized spacial score (nSPS) is 10.7. The van der Waals surface area contributed by atoms with Crippen LogP contribution >= 0.6 is 15.6 Å². The molecule has 72 valence electrons. The van der Waals surface area contributed by atoms with Crippen LogP contribution in [0, 0.1) is 0 Å². The van der Waals surface area contributed by atoms with Crippen molar-refractivity contribution in [1.29, 1.82) is 0 Å². The molecular weight excluding hydrogens is 387 g/mol. The zero-order valence-electron chi connectivity index (χ0n) is 4.58. The van der Waals surface area contributed by atoms with Crippen molar-refractivity contribution in [3.63, 3.8) is 0 Å². The van der Waals surface area contributed by atoms with Gasteiger partial charge in [-0.25, -0.2) is 4.57 Å². The molecule has 11 heteroatoms. The second kappa shape index (κ2) is 6.47. The van der Waals surface area contributed by atoms with E-state index < -0.39 is 15.6 Å². The summed E-state index contributed by atoms with van der Waals surface area (Å²) in [5.74, 6) is 0. The first-order valence-corrected chi connectivity index (χ1v) is 4.54. The van der Waals surface area contributed by atoms with E-state index in [1.807, 2.05) is 0 Å². The first-order valence-electron chi connectivity index (χ1n) is 1.51. The average molecular weight is 390 g/mol. The molecule has 0 saturated heterocycles. The second-order valence-electron chi connectivity index (χ2n) is 0.960. The van der Waals surface area contributed by atoms with Gasteiger partial charge in [-0.1, -0.05) is 0 Å².